The highest BCUT2D eigenvalue weighted by atomic mass is 16.4. The highest BCUT2D eigenvalue weighted by molar-refractivity contribution is 6.22. The predicted octanol–water partition coefficient (Wildman–Crippen LogP) is 7.54. The van der Waals surface area contributed by atoms with Crippen molar-refractivity contribution in [3.8, 4) is 0 Å². The molecule has 0 unspecified atom stereocenters. The van der Waals surface area contributed by atoms with Gasteiger partial charge in [0.15, 0.2) is 11.2 Å². The Morgan fingerprint density at radius 2 is 1.03 bits per heavy atom. The van der Waals surface area contributed by atoms with Gasteiger partial charge >= 0.3 is 0 Å². The molecule has 178 valence electrons. The van der Waals surface area contributed by atoms with E-state index in [9.17, 15) is 5.21 Å². The summed E-state index contributed by atoms with van der Waals surface area (Å²) in [7, 11) is 0. The number of nitrogens with zero attached hydrogens (tertiary/aromatic N) is 3. The summed E-state index contributed by atoms with van der Waals surface area (Å²) in [6.45, 7) is 0. The number of aromatic nitrogens is 2. The fourth-order valence-corrected chi connectivity index (χ4v) is 4.17. The van der Waals surface area contributed by atoms with E-state index in [0.717, 1.165) is 11.1 Å². The maximum Gasteiger partial charge on any atom is 0.220 e. The van der Waals surface area contributed by atoms with Gasteiger partial charge in [0, 0.05) is 23.3 Å². The van der Waals surface area contributed by atoms with Crippen LogP contribution in [-0.4, -0.2) is 20.9 Å². The number of rotatable bonds is 6. The van der Waals surface area contributed by atoms with Gasteiger partial charge in [0.25, 0.3) is 0 Å². The van der Waals surface area contributed by atoms with Gasteiger partial charge in [0.05, 0.1) is 0 Å². The van der Waals surface area contributed by atoms with E-state index in [1.807, 2.05) is 121 Å². The van der Waals surface area contributed by atoms with Gasteiger partial charge in [-0.25, -0.2) is 9.97 Å². The normalized spacial score (nSPS) is 11.7. The second-order valence-corrected chi connectivity index (χ2v) is 8.35. The van der Waals surface area contributed by atoms with Crippen LogP contribution in [0, 0.1) is 0 Å². The third-order valence-electron chi connectivity index (χ3n) is 5.92. The Hall–Kier alpha value is -5.23. The number of oxime groups is 1. The van der Waals surface area contributed by atoms with E-state index in [-0.39, 0.29) is 0 Å². The van der Waals surface area contributed by atoms with Crippen LogP contribution in [0.3, 0.4) is 0 Å². The maximum absolute atomic E-state index is 10.1. The van der Waals surface area contributed by atoms with Gasteiger partial charge in [-0.05, 0) is 35.4 Å². The van der Waals surface area contributed by atoms with Gasteiger partial charge in [-0.15, -0.1) is 0 Å². The van der Waals surface area contributed by atoms with Gasteiger partial charge in [-0.1, -0.05) is 90.1 Å². The van der Waals surface area contributed by atoms with Crippen LogP contribution < -0.4 is 0 Å². The first-order valence-electron chi connectivity index (χ1n) is 11.8. The molecular formula is C31H21N3O3. The van der Waals surface area contributed by atoms with Gasteiger partial charge in [-0.2, -0.15) is 0 Å². The molecule has 2 aromatic heterocycles. The van der Waals surface area contributed by atoms with E-state index < -0.39 is 0 Å². The average molecular weight is 484 g/mol. The molecule has 2 heterocycles. The molecule has 0 aliphatic heterocycles. The van der Waals surface area contributed by atoms with Crippen LogP contribution >= 0.6 is 0 Å². The molecule has 4 aromatic carbocycles. The average Bonchev–Trinajstić information content (AvgIpc) is 3.57. The van der Waals surface area contributed by atoms with E-state index in [0.29, 0.717) is 50.8 Å². The molecule has 0 bridgehead atoms. The quantitative estimate of drug-likeness (QED) is 0.150. The fourth-order valence-electron chi connectivity index (χ4n) is 4.17. The Balaban J connectivity index is 1.38. The molecule has 37 heavy (non-hydrogen) atoms. The molecule has 0 aliphatic rings. The van der Waals surface area contributed by atoms with Crippen LogP contribution in [0.4, 0.5) is 0 Å². The highest BCUT2D eigenvalue weighted by Crippen LogP contribution is 2.28. The predicted molar refractivity (Wildman–Crippen MR) is 146 cm³/mol. The van der Waals surface area contributed by atoms with Gasteiger partial charge in [-0.3, -0.25) is 0 Å². The van der Waals surface area contributed by atoms with Crippen molar-refractivity contribution in [3.05, 3.63) is 131 Å². The second kappa shape index (κ2) is 9.79. The molecule has 0 aliphatic carbocycles. The van der Waals surface area contributed by atoms with E-state index in [2.05, 4.69) is 15.1 Å². The Kier molecular flexibility index (Phi) is 5.89. The number of hydrogen-bond donors (Lipinski definition) is 1. The molecule has 0 saturated carbocycles. The van der Waals surface area contributed by atoms with Crippen LogP contribution in [0.5, 0.6) is 0 Å². The SMILES string of the molecule is ON=C(c1cccc2oc(C=Cc3ccccc3)nc12)c1cccc2oc(C=Cc3ccccc3)nc12. The van der Waals surface area contributed by atoms with Crippen LogP contribution in [-0.2, 0) is 0 Å². The Labute approximate surface area is 212 Å². The monoisotopic (exact) mass is 483 g/mol. The second-order valence-electron chi connectivity index (χ2n) is 8.35. The molecule has 1 N–H and O–H groups in total. The standard InChI is InChI=1S/C31H21N3O3/c35-34-29(23-13-7-15-25-30(23)32-27(36-25)19-17-21-9-3-1-4-10-21)24-14-8-16-26-31(24)33-28(37-26)20-18-22-11-5-2-6-12-22/h1-20,35H. The molecule has 0 saturated heterocycles. The molecule has 6 aromatic rings. The van der Waals surface area contributed by atoms with Gasteiger partial charge < -0.3 is 14.0 Å². The molecule has 0 spiro atoms. The lowest BCUT2D eigenvalue weighted by Crippen LogP contribution is -2.05. The van der Waals surface area contributed by atoms with E-state index in [1.54, 1.807) is 0 Å². The summed E-state index contributed by atoms with van der Waals surface area (Å²) in [4.78, 5) is 9.34. The zero-order valence-corrected chi connectivity index (χ0v) is 19.7. The molecule has 0 amide bonds. The summed E-state index contributed by atoms with van der Waals surface area (Å²) in [5.74, 6) is 0.910. The molecule has 0 atom stereocenters. The minimum Gasteiger partial charge on any atom is -0.437 e. The van der Waals surface area contributed by atoms with Crippen LogP contribution in [0.15, 0.2) is 111 Å². The van der Waals surface area contributed by atoms with Crippen molar-refractivity contribution in [3.63, 3.8) is 0 Å². The third-order valence-corrected chi connectivity index (χ3v) is 5.92. The summed E-state index contributed by atoms with van der Waals surface area (Å²) < 4.78 is 11.9. The number of oxazole rings is 2. The van der Waals surface area contributed by atoms with Crippen molar-refractivity contribution >= 4 is 52.2 Å². The molecule has 6 nitrogen and oxygen atoms in total. The zero-order chi connectivity index (χ0) is 25.0. The Morgan fingerprint density at radius 1 is 0.568 bits per heavy atom. The van der Waals surface area contributed by atoms with Crippen molar-refractivity contribution in [2.75, 3.05) is 0 Å². The minimum absolute atomic E-state index is 0.329. The van der Waals surface area contributed by atoms with Gasteiger partial charge in [0.1, 0.15) is 16.7 Å². The van der Waals surface area contributed by atoms with Crippen LogP contribution in [0.2, 0.25) is 0 Å². The van der Waals surface area contributed by atoms with Crippen molar-refractivity contribution in [2.45, 2.75) is 0 Å². The summed E-state index contributed by atoms with van der Waals surface area (Å²) >= 11 is 0. The van der Waals surface area contributed by atoms with E-state index >= 15 is 0 Å². The topological polar surface area (TPSA) is 84.7 Å². The lowest BCUT2D eigenvalue weighted by molar-refractivity contribution is 0.319. The minimum atomic E-state index is 0.329. The largest absolute Gasteiger partial charge is 0.437 e. The molecule has 6 heteroatoms. The summed E-state index contributed by atoms with van der Waals surface area (Å²) in [5, 5.41) is 13.8. The summed E-state index contributed by atoms with van der Waals surface area (Å²) in [6, 6.07) is 30.9. The molecule has 6 rings (SSSR count). The van der Waals surface area contributed by atoms with Crippen molar-refractivity contribution in [1.29, 1.82) is 0 Å². The van der Waals surface area contributed by atoms with Crippen LogP contribution in [0.1, 0.15) is 34.0 Å². The van der Waals surface area contributed by atoms with E-state index in [4.69, 9.17) is 8.83 Å². The molecule has 0 fully saturated rings. The van der Waals surface area contributed by atoms with Crippen molar-refractivity contribution in [1.82, 2.24) is 9.97 Å². The number of benzene rings is 4. The maximum atomic E-state index is 10.1. The lowest BCUT2D eigenvalue weighted by Gasteiger charge is -2.05. The molecular weight excluding hydrogens is 462 g/mol. The van der Waals surface area contributed by atoms with E-state index in [1.165, 1.54) is 0 Å². The summed E-state index contributed by atoms with van der Waals surface area (Å²) in [6.07, 6.45) is 7.51. The first-order valence-corrected chi connectivity index (χ1v) is 11.8. The first kappa shape index (κ1) is 22.2. The first-order chi connectivity index (χ1) is 18.3. The number of para-hydroxylation sites is 2. The lowest BCUT2D eigenvalue weighted by atomic mass is 10.00. The Bertz CT molecular complexity index is 1650. The third kappa shape index (κ3) is 4.56. The smallest absolute Gasteiger partial charge is 0.220 e. The van der Waals surface area contributed by atoms with Gasteiger partial charge in [0.2, 0.25) is 11.8 Å². The summed E-state index contributed by atoms with van der Waals surface area (Å²) in [5.41, 5.74) is 6.01. The molecule has 0 radical (unpaired) electrons. The number of fused-ring (bicyclic) bond motifs is 2. The van der Waals surface area contributed by atoms with Crippen molar-refractivity contribution < 1.29 is 14.0 Å². The van der Waals surface area contributed by atoms with Crippen LogP contribution in [0.25, 0.3) is 46.5 Å². The number of hydrogen-bond acceptors (Lipinski definition) is 6. The zero-order valence-electron chi connectivity index (χ0n) is 19.7. The fraction of sp³-hybridized carbons (Fsp3) is 0. The Morgan fingerprint density at radius 3 is 1.46 bits per heavy atom. The van der Waals surface area contributed by atoms with Crippen molar-refractivity contribution in [2.24, 2.45) is 5.16 Å². The highest BCUT2D eigenvalue weighted by Gasteiger charge is 2.19.